The number of rotatable bonds is 11. The molecule has 0 spiro atoms. The van der Waals surface area contributed by atoms with E-state index in [4.69, 9.17) is 4.74 Å². The van der Waals surface area contributed by atoms with Crippen LogP contribution in [0, 0.1) is 6.92 Å². The van der Waals surface area contributed by atoms with E-state index in [1.54, 1.807) is 11.6 Å². The zero-order valence-corrected chi connectivity index (χ0v) is 19.1. The van der Waals surface area contributed by atoms with E-state index >= 15 is 0 Å². The van der Waals surface area contributed by atoms with Gasteiger partial charge in [-0.05, 0) is 37.7 Å². The number of nitrogens with one attached hydrogen (secondary N) is 2. The maximum Gasteiger partial charge on any atom is 0.329 e. The lowest BCUT2D eigenvalue weighted by Crippen LogP contribution is -2.31. The zero-order valence-electron chi connectivity index (χ0n) is 19.1. The molecule has 3 aromatic rings. The summed E-state index contributed by atoms with van der Waals surface area (Å²) in [7, 11) is 1.55. The zero-order chi connectivity index (χ0) is 23.3. The van der Waals surface area contributed by atoms with Gasteiger partial charge in [0.1, 0.15) is 18.5 Å². The molecule has 0 radical (unpaired) electrons. The SMILES string of the molecule is CCN(CC)CCNc1nc2c(c(=O)[nH]c(=O)n2C)n1CC(O)COc1cccc(C)c1. The Kier molecular flexibility index (Phi) is 7.70. The number of aliphatic hydroxyl groups excluding tert-OH is 1. The topological polar surface area (TPSA) is 117 Å². The average molecular weight is 445 g/mol. The van der Waals surface area contributed by atoms with Crippen LogP contribution >= 0.6 is 0 Å². The highest BCUT2D eigenvalue weighted by Crippen LogP contribution is 2.17. The Morgan fingerprint density at radius 1 is 1.28 bits per heavy atom. The number of aromatic nitrogens is 4. The lowest BCUT2D eigenvalue weighted by atomic mass is 10.2. The molecule has 0 aliphatic rings. The first kappa shape index (κ1) is 23.6. The summed E-state index contributed by atoms with van der Waals surface area (Å²) in [5, 5.41) is 13.9. The second-order valence-electron chi connectivity index (χ2n) is 7.77. The van der Waals surface area contributed by atoms with E-state index in [0.29, 0.717) is 18.2 Å². The van der Waals surface area contributed by atoms with Gasteiger partial charge in [0.05, 0.1) is 6.54 Å². The third-order valence-corrected chi connectivity index (χ3v) is 5.44. The molecule has 3 N–H and O–H groups in total. The van der Waals surface area contributed by atoms with Crippen LogP contribution in [0.2, 0.25) is 0 Å². The molecule has 32 heavy (non-hydrogen) atoms. The highest BCUT2D eigenvalue weighted by atomic mass is 16.5. The molecule has 10 nitrogen and oxygen atoms in total. The molecule has 1 unspecified atom stereocenters. The van der Waals surface area contributed by atoms with Crippen molar-refractivity contribution >= 4 is 17.1 Å². The van der Waals surface area contributed by atoms with Crippen LogP contribution in [0.15, 0.2) is 33.9 Å². The number of nitrogens with zero attached hydrogens (tertiary/aromatic N) is 4. The normalized spacial score (nSPS) is 12.4. The number of likely N-dealkylation sites (N-methyl/N-ethyl adjacent to an activating group) is 1. The quantitative estimate of drug-likeness (QED) is 0.403. The second kappa shape index (κ2) is 10.5. The van der Waals surface area contributed by atoms with Crippen molar-refractivity contribution in [2.75, 3.05) is 38.1 Å². The van der Waals surface area contributed by atoms with Gasteiger partial charge in [-0.3, -0.25) is 14.3 Å². The fourth-order valence-electron chi connectivity index (χ4n) is 3.57. The van der Waals surface area contributed by atoms with E-state index < -0.39 is 17.4 Å². The van der Waals surface area contributed by atoms with Gasteiger partial charge in [-0.25, -0.2) is 4.79 Å². The molecule has 0 aliphatic carbocycles. The summed E-state index contributed by atoms with van der Waals surface area (Å²) in [4.78, 5) is 33.7. The van der Waals surface area contributed by atoms with Crippen molar-refractivity contribution in [3.05, 3.63) is 50.7 Å². The lowest BCUT2D eigenvalue weighted by Gasteiger charge is -2.19. The molecule has 0 saturated carbocycles. The van der Waals surface area contributed by atoms with Crippen LogP contribution in [0.25, 0.3) is 11.2 Å². The summed E-state index contributed by atoms with van der Waals surface area (Å²) in [6.45, 7) is 9.54. The van der Waals surface area contributed by atoms with E-state index in [2.05, 4.69) is 34.0 Å². The molecule has 1 atom stereocenters. The number of imidazole rings is 1. The number of benzene rings is 1. The molecule has 3 rings (SSSR count). The number of anilines is 1. The average Bonchev–Trinajstić information content (AvgIpc) is 3.12. The van der Waals surface area contributed by atoms with Crippen molar-refractivity contribution in [3.63, 3.8) is 0 Å². The Hall–Kier alpha value is -3.11. The van der Waals surface area contributed by atoms with Crippen molar-refractivity contribution in [2.45, 2.75) is 33.4 Å². The van der Waals surface area contributed by atoms with Gasteiger partial charge >= 0.3 is 5.69 Å². The number of fused-ring (bicyclic) bond motifs is 1. The van der Waals surface area contributed by atoms with E-state index in [1.807, 2.05) is 31.2 Å². The molecule has 2 aromatic heterocycles. The van der Waals surface area contributed by atoms with Crippen LogP contribution in [0.3, 0.4) is 0 Å². The van der Waals surface area contributed by atoms with Crippen LogP contribution in [-0.2, 0) is 13.6 Å². The molecule has 2 heterocycles. The van der Waals surface area contributed by atoms with Crippen LogP contribution in [0.1, 0.15) is 19.4 Å². The molecular formula is C22H32N6O4. The van der Waals surface area contributed by atoms with Crippen LogP contribution in [-0.4, -0.2) is 68.0 Å². The number of hydrogen-bond acceptors (Lipinski definition) is 7. The van der Waals surface area contributed by atoms with Crippen molar-refractivity contribution in [1.82, 2.24) is 24.0 Å². The summed E-state index contributed by atoms with van der Waals surface area (Å²) in [5.74, 6) is 1.09. The fraction of sp³-hybridized carbons (Fsp3) is 0.500. The van der Waals surface area contributed by atoms with Gasteiger partial charge in [-0.1, -0.05) is 26.0 Å². The Balaban J connectivity index is 1.84. The van der Waals surface area contributed by atoms with Gasteiger partial charge in [-0.15, -0.1) is 0 Å². The Morgan fingerprint density at radius 3 is 2.72 bits per heavy atom. The first-order chi connectivity index (χ1) is 15.3. The minimum atomic E-state index is -0.895. The summed E-state index contributed by atoms with van der Waals surface area (Å²) >= 11 is 0. The van der Waals surface area contributed by atoms with E-state index in [9.17, 15) is 14.7 Å². The first-order valence-corrected chi connectivity index (χ1v) is 10.9. The smallest absolute Gasteiger partial charge is 0.329 e. The summed E-state index contributed by atoms with van der Waals surface area (Å²) in [6.07, 6.45) is -0.895. The molecule has 0 aliphatic heterocycles. The third-order valence-electron chi connectivity index (χ3n) is 5.44. The third kappa shape index (κ3) is 5.38. The molecular weight excluding hydrogens is 412 g/mol. The largest absolute Gasteiger partial charge is 0.491 e. The van der Waals surface area contributed by atoms with E-state index in [1.165, 1.54) is 4.57 Å². The standard InChI is InChI=1S/C22H32N6O4/c1-5-27(6-2)11-10-23-21-24-19-18(20(30)25-22(31)26(19)4)28(21)13-16(29)14-32-17-9-7-8-15(3)12-17/h7-9,12,16,29H,5-6,10-11,13-14H2,1-4H3,(H,23,24)(H,25,30,31). The number of H-pyrrole nitrogens is 1. The van der Waals surface area contributed by atoms with Crippen LogP contribution in [0.5, 0.6) is 5.75 Å². The minimum absolute atomic E-state index is 0.0473. The van der Waals surface area contributed by atoms with E-state index in [-0.39, 0.29) is 24.3 Å². The lowest BCUT2D eigenvalue weighted by molar-refractivity contribution is 0.0938. The number of hydrogen-bond donors (Lipinski definition) is 3. The predicted molar refractivity (Wildman–Crippen MR) is 125 cm³/mol. The Bertz CT molecular complexity index is 1160. The maximum atomic E-state index is 12.6. The number of aromatic amines is 1. The van der Waals surface area contributed by atoms with Gasteiger partial charge in [0.2, 0.25) is 5.95 Å². The summed E-state index contributed by atoms with van der Waals surface area (Å²) in [6, 6.07) is 7.57. The summed E-state index contributed by atoms with van der Waals surface area (Å²) in [5.41, 5.74) is 0.469. The van der Waals surface area contributed by atoms with Gasteiger partial charge in [0.25, 0.3) is 5.56 Å². The monoisotopic (exact) mass is 444 g/mol. The van der Waals surface area contributed by atoms with Crippen molar-refractivity contribution < 1.29 is 9.84 Å². The maximum absolute atomic E-state index is 12.6. The minimum Gasteiger partial charge on any atom is -0.491 e. The van der Waals surface area contributed by atoms with Crippen LogP contribution < -0.4 is 21.3 Å². The van der Waals surface area contributed by atoms with Crippen molar-refractivity contribution in [3.8, 4) is 5.75 Å². The second-order valence-corrected chi connectivity index (χ2v) is 7.77. The Morgan fingerprint density at radius 2 is 2.03 bits per heavy atom. The number of ether oxygens (including phenoxy) is 1. The highest BCUT2D eigenvalue weighted by molar-refractivity contribution is 5.74. The van der Waals surface area contributed by atoms with Gasteiger partial charge in [-0.2, -0.15) is 4.98 Å². The van der Waals surface area contributed by atoms with Gasteiger partial charge < -0.3 is 24.6 Å². The first-order valence-electron chi connectivity index (χ1n) is 10.9. The van der Waals surface area contributed by atoms with E-state index in [0.717, 1.165) is 25.2 Å². The molecule has 1 aromatic carbocycles. The highest BCUT2D eigenvalue weighted by Gasteiger charge is 2.20. The van der Waals surface area contributed by atoms with Crippen molar-refractivity contribution in [2.24, 2.45) is 7.05 Å². The molecule has 174 valence electrons. The number of aryl methyl sites for hydroxylation is 2. The van der Waals surface area contributed by atoms with Crippen molar-refractivity contribution in [1.29, 1.82) is 0 Å². The van der Waals surface area contributed by atoms with Gasteiger partial charge in [0.15, 0.2) is 11.2 Å². The predicted octanol–water partition coefficient (Wildman–Crippen LogP) is 0.925. The Labute approximate surface area is 186 Å². The molecule has 10 heteroatoms. The molecule has 0 fully saturated rings. The number of aliphatic hydroxyl groups is 1. The van der Waals surface area contributed by atoms with Gasteiger partial charge in [0, 0.05) is 20.1 Å². The molecule has 0 bridgehead atoms. The molecule has 0 amide bonds. The fourth-order valence-corrected chi connectivity index (χ4v) is 3.57. The summed E-state index contributed by atoms with van der Waals surface area (Å²) < 4.78 is 8.61. The molecule has 0 saturated heterocycles. The van der Waals surface area contributed by atoms with Crippen LogP contribution in [0.4, 0.5) is 5.95 Å².